The van der Waals surface area contributed by atoms with Gasteiger partial charge in [0.05, 0.1) is 5.39 Å². The monoisotopic (exact) mass is 491 g/mol. The Labute approximate surface area is 213 Å². The van der Waals surface area contributed by atoms with Crippen molar-refractivity contribution in [3.63, 3.8) is 0 Å². The number of hydrogen-bond acceptors (Lipinski definition) is 5. The number of rotatable bonds is 4. The predicted octanol–water partition coefficient (Wildman–Crippen LogP) is 5.80. The maximum Gasteiger partial charge on any atom is 0.256 e. The van der Waals surface area contributed by atoms with Gasteiger partial charge in [0, 0.05) is 42.0 Å². The molecule has 0 fully saturated rings. The second kappa shape index (κ2) is 8.44. The summed E-state index contributed by atoms with van der Waals surface area (Å²) in [5.74, 6) is 0.827. The Balaban J connectivity index is 1.28. The summed E-state index contributed by atoms with van der Waals surface area (Å²) in [7, 11) is 0. The number of H-pyrrole nitrogens is 1. The number of carbonyl (C=O) groups is 2. The van der Waals surface area contributed by atoms with Crippen LogP contribution in [0.15, 0.2) is 73.2 Å². The number of nitrogens with zero attached hydrogens (tertiary/aromatic N) is 3. The van der Waals surface area contributed by atoms with Crippen molar-refractivity contribution in [3.8, 4) is 11.6 Å². The predicted molar refractivity (Wildman–Crippen MR) is 143 cm³/mol. The Bertz CT molecular complexity index is 1710. The molecule has 0 saturated carbocycles. The molecule has 1 aliphatic heterocycles. The second-order valence-corrected chi connectivity index (χ2v) is 9.88. The molecule has 0 radical (unpaired) electrons. The van der Waals surface area contributed by atoms with Crippen molar-refractivity contribution in [2.45, 2.75) is 26.2 Å². The molecule has 0 saturated heterocycles. The largest absolute Gasteiger partial charge is 0.438 e. The molecule has 3 heterocycles. The topological polar surface area (TPSA) is 100 Å². The van der Waals surface area contributed by atoms with Gasteiger partial charge in [0.25, 0.3) is 5.91 Å². The summed E-state index contributed by atoms with van der Waals surface area (Å²) >= 11 is 0. The average molecular weight is 492 g/mol. The molecule has 0 unspecified atom stereocenters. The Hall–Kier alpha value is -4.72. The molecule has 0 aliphatic carbocycles. The van der Waals surface area contributed by atoms with Gasteiger partial charge in [0.2, 0.25) is 11.8 Å². The molecule has 1 aliphatic rings. The van der Waals surface area contributed by atoms with E-state index in [-0.39, 0.29) is 17.2 Å². The first-order valence-electron chi connectivity index (χ1n) is 12.0. The number of carbonyl (C=O) groups excluding carboxylic acids is 2. The lowest BCUT2D eigenvalue weighted by Crippen LogP contribution is -2.32. The van der Waals surface area contributed by atoms with Gasteiger partial charge >= 0.3 is 0 Å². The first kappa shape index (κ1) is 22.7. The standard InChI is InChI=1S/C29H25N5O3/c1-17(35)34-15-29(2,3)24-10-7-19(14-25(24)34)33-27(36)22-6-4-5-18-13-20(8-9-21(18)22)37-28-23-11-12-30-26(23)31-16-32-28/h4-14,16H,15H2,1-3H3,(H,33,36)(H,30,31,32). The molecule has 3 aromatic carbocycles. The number of aromatic amines is 1. The smallest absolute Gasteiger partial charge is 0.256 e. The summed E-state index contributed by atoms with van der Waals surface area (Å²) in [6.45, 7) is 6.42. The van der Waals surface area contributed by atoms with Crippen LogP contribution < -0.4 is 15.0 Å². The zero-order chi connectivity index (χ0) is 25.7. The number of fused-ring (bicyclic) bond motifs is 3. The zero-order valence-corrected chi connectivity index (χ0v) is 20.7. The van der Waals surface area contributed by atoms with Crippen molar-refractivity contribution >= 4 is 45.0 Å². The number of amides is 2. The second-order valence-electron chi connectivity index (χ2n) is 9.88. The molecule has 2 amide bonds. The first-order chi connectivity index (χ1) is 17.8. The van der Waals surface area contributed by atoms with Gasteiger partial charge in [0.15, 0.2) is 0 Å². The van der Waals surface area contributed by atoms with E-state index < -0.39 is 0 Å². The average Bonchev–Trinajstić information content (AvgIpc) is 3.46. The van der Waals surface area contributed by atoms with Gasteiger partial charge in [-0.1, -0.05) is 32.0 Å². The van der Waals surface area contributed by atoms with Crippen molar-refractivity contribution in [1.29, 1.82) is 0 Å². The quantitative estimate of drug-likeness (QED) is 0.331. The summed E-state index contributed by atoms with van der Waals surface area (Å²) in [6.07, 6.45) is 3.24. The molecule has 5 aromatic rings. The molecule has 0 bridgehead atoms. The number of nitrogens with one attached hydrogen (secondary N) is 2. The van der Waals surface area contributed by atoms with Crippen LogP contribution in [0, 0.1) is 0 Å². The fraction of sp³-hybridized carbons (Fsp3) is 0.172. The van der Waals surface area contributed by atoms with Crippen LogP contribution in [0.3, 0.4) is 0 Å². The van der Waals surface area contributed by atoms with Gasteiger partial charge in [-0.25, -0.2) is 9.97 Å². The maximum absolute atomic E-state index is 13.3. The Morgan fingerprint density at radius 3 is 2.73 bits per heavy atom. The van der Waals surface area contributed by atoms with Gasteiger partial charge in [-0.2, -0.15) is 0 Å². The molecule has 184 valence electrons. The number of benzene rings is 3. The minimum absolute atomic E-state index is 0.0124. The van der Waals surface area contributed by atoms with Crippen molar-refractivity contribution in [2.24, 2.45) is 0 Å². The van der Waals surface area contributed by atoms with Crippen LogP contribution >= 0.6 is 0 Å². The summed E-state index contributed by atoms with van der Waals surface area (Å²) in [5, 5.41) is 5.46. The summed E-state index contributed by atoms with van der Waals surface area (Å²) in [4.78, 5) is 38.8. The van der Waals surface area contributed by atoms with Crippen molar-refractivity contribution < 1.29 is 14.3 Å². The van der Waals surface area contributed by atoms with Crippen LogP contribution in [0.2, 0.25) is 0 Å². The molecule has 37 heavy (non-hydrogen) atoms. The Morgan fingerprint density at radius 2 is 1.89 bits per heavy atom. The van der Waals surface area contributed by atoms with Gasteiger partial charge < -0.3 is 19.9 Å². The van der Waals surface area contributed by atoms with Gasteiger partial charge in [-0.05, 0) is 58.8 Å². The number of ether oxygens (including phenoxy) is 1. The highest BCUT2D eigenvalue weighted by Crippen LogP contribution is 2.42. The normalized spacial score (nSPS) is 14.1. The molecule has 8 heteroatoms. The lowest BCUT2D eigenvalue weighted by atomic mass is 9.87. The van der Waals surface area contributed by atoms with Gasteiger partial charge in [-0.3, -0.25) is 9.59 Å². The molecule has 6 rings (SSSR count). The van der Waals surface area contributed by atoms with E-state index in [0.29, 0.717) is 35.1 Å². The van der Waals surface area contributed by atoms with Crippen molar-refractivity contribution in [1.82, 2.24) is 15.0 Å². The maximum atomic E-state index is 13.3. The minimum atomic E-state index is -0.226. The Kier molecular flexibility index (Phi) is 5.19. The van der Waals surface area contributed by atoms with Crippen molar-refractivity contribution in [3.05, 3.63) is 84.3 Å². The number of anilines is 2. The van der Waals surface area contributed by atoms with Gasteiger partial charge in [0.1, 0.15) is 17.7 Å². The molecular weight excluding hydrogens is 466 g/mol. The number of aromatic nitrogens is 3. The summed E-state index contributed by atoms with van der Waals surface area (Å²) in [6, 6.07) is 18.8. The highest BCUT2D eigenvalue weighted by atomic mass is 16.5. The third-order valence-electron chi connectivity index (χ3n) is 6.84. The van der Waals surface area contributed by atoms with E-state index in [2.05, 4.69) is 34.1 Å². The Morgan fingerprint density at radius 1 is 1.03 bits per heavy atom. The van der Waals surface area contributed by atoms with Crippen LogP contribution in [0.5, 0.6) is 11.6 Å². The SMILES string of the molecule is CC(=O)N1CC(C)(C)c2ccc(NC(=O)c3cccc4cc(Oc5ncnc6[nH]ccc56)ccc34)cc21. The summed E-state index contributed by atoms with van der Waals surface area (Å²) in [5.41, 5.74) is 3.69. The van der Waals surface area contributed by atoms with Crippen molar-refractivity contribution in [2.75, 3.05) is 16.8 Å². The highest BCUT2D eigenvalue weighted by Gasteiger charge is 2.37. The molecule has 2 N–H and O–H groups in total. The van der Waals surface area contributed by atoms with E-state index in [4.69, 9.17) is 4.74 Å². The number of hydrogen-bond donors (Lipinski definition) is 2. The van der Waals surface area contributed by atoms with Crippen LogP contribution in [-0.2, 0) is 10.2 Å². The highest BCUT2D eigenvalue weighted by molar-refractivity contribution is 6.13. The first-order valence-corrected chi connectivity index (χ1v) is 12.0. The van der Waals surface area contributed by atoms with Crippen LogP contribution in [0.1, 0.15) is 36.7 Å². The molecule has 2 aromatic heterocycles. The van der Waals surface area contributed by atoms with E-state index in [1.807, 2.05) is 54.6 Å². The molecule has 0 atom stereocenters. The van der Waals surface area contributed by atoms with Crippen LogP contribution in [0.25, 0.3) is 21.8 Å². The molecular formula is C29H25N5O3. The van der Waals surface area contributed by atoms with E-state index in [1.165, 1.54) is 6.33 Å². The summed E-state index contributed by atoms with van der Waals surface area (Å²) < 4.78 is 6.04. The van der Waals surface area contributed by atoms with E-state index in [1.54, 1.807) is 24.1 Å². The molecule has 8 nitrogen and oxygen atoms in total. The van der Waals surface area contributed by atoms with E-state index in [0.717, 1.165) is 27.4 Å². The molecule has 0 spiro atoms. The lowest BCUT2D eigenvalue weighted by Gasteiger charge is -2.19. The van der Waals surface area contributed by atoms with E-state index in [9.17, 15) is 9.59 Å². The van der Waals surface area contributed by atoms with Crippen LogP contribution in [0.4, 0.5) is 11.4 Å². The fourth-order valence-electron chi connectivity index (χ4n) is 5.01. The minimum Gasteiger partial charge on any atom is -0.438 e. The fourth-order valence-corrected chi connectivity index (χ4v) is 5.01. The van der Waals surface area contributed by atoms with Gasteiger partial charge in [-0.15, -0.1) is 0 Å². The third kappa shape index (κ3) is 3.96. The zero-order valence-electron chi connectivity index (χ0n) is 20.7. The third-order valence-corrected chi connectivity index (χ3v) is 6.84. The lowest BCUT2D eigenvalue weighted by molar-refractivity contribution is -0.116. The van der Waals surface area contributed by atoms with Crippen LogP contribution in [-0.4, -0.2) is 33.3 Å². The van der Waals surface area contributed by atoms with E-state index >= 15 is 0 Å².